The zero-order chi connectivity index (χ0) is 15.7. The molecule has 3 nitrogen and oxygen atoms in total. The molecule has 3 heteroatoms. The van der Waals surface area contributed by atoms with Gasteiger partial charge in [0.05, 0.1) is 17.5 Å². The Morgan fingerprint density at radius 3 is 2.55 bits per heavy atom. The van der Waals surface area contributed by atoms with Gasteiger partial charge in [-0.05, 0) is 44.2 Å². The van der Waals surface area contributed by atoms with E-state index < -0.39 is 5.41 Å². The molecule has 1 aromatic heterocycles. The molecule has 2 bridgehead atoms. The summed E-state index contributed by atoms with van der Waals surface area (Å²) in [6, 6.07) is 5.39. The minimum absolute atomic E-state index is 0.129. The van der Waals surface area contributed by atoms with Gasteiger partial charge in [-0.25, -0.2) is 0 Å². The first kappa shape index (κ1) is 14.6. The first-order valence-electron chi connectivity index (χ1n) is 7.70. The van der Waals surface area contributed by atoms with Crippen LogP contribution >= 0.6 is 0 Å². The Bertz CT molecular complexity index is 687. The second-order valence-corrected chi connectivity index (χ2v) is 6.38. The fourth-order valence-electron chi connectivity index (χ4n) is 4.17. The SMILES string of the molecule is C#Cc1cncc([C@]2(C#N)C[C@H]3CC[C@@H](C2)N3C(C)C#C)c1. The van der Waals surface area contributed by atoms with E-state index in [4.69, 9.17) is 12.8 Å². The van der Waals surface area contributed by atoms with E-state index in [1.807, 2.05) is 6.07 Å². The minimum Gasteiger partial charge on any atom is -0.284 e. The lowest BCUT2D eigenvalue weighted by Crippen LogP contribution is -2.52. The van der Waals surface area contributed by atoms with Crippen LogP contribution in [0.4, 0.5) is 0 Å². The molecule has 0 N–H and O–H groups in total. The van der Waals surface area contributed by atoms with E-state index in [1.54, 1.807) is 12.4 Å². The monoisotopic (exact) mass is 289 g/mol. The van der Waals surface area contributed by atoms with Crippen molar-refractivity contribution in [3.63, 3.8) is 0 Å². The van der Waals surface area contributed by atoms with E-state index in [9.17, 15) is 5.26 Å². The first-order valence-corrected chi connectivity index (χ1v) is 7.70. The third-order valence-electron chi connectivity index (χ3n) is 5.20. The Labute approximate surface area is 132 Å². The Morgan fingerprint density at radius 1 is 1.32 bits per heavy atom. The molecule has 2 aliphatic rings. The summed E-state index contributed by atoms with van der Waals surface area (Å²) in [5.41, 5.74) is 1.20. The smallest absolute Gasteiger partial charge is 0.0867 e. The molecule has 22 heavy (non-hydrogen) atoms. The number of piperidine rings is 1. The molecular formula is C19H19N3. The van der Waals surface area contributed by atoms with Crippen molar-refractivity contribution in [1.29, 1.82) is 5.26 Å². The zero-order valence-corrected chi connectivity index (χ0v) is 12.8. The minimum atomic E-state index is -0.490. The van der Waals surface area contributed by atoms with Crippen molar-refractivity contribution in [3.05, 3.63) is 29.6 Å². The number of terminal acetylenes is 2. The molecule has 3 heterocycles. The normalized spacial score (nSPS) is 31.7. The van der Waals surface area contributed by atoms with Gasteiger partial charge in [0.15, 0.2) is 0 Å². The Hall–Kier alpha value is -2.28. The predicted molar refractivity (Wildman–Crippen MR) is 85.6 cm³/mol. The summed E-state index contributed by atoms with van der Waals surface area (Å²) in [5, 5.41) is 9.92. The van der Waals surface area contributed by atoms with Crippen LogP contribution < -0.4 is 0 Å². The number of pyridine rings is 1. The van der Waals surface area contributed by atoms with Gasteiger partial charge in [-0.2, -0.15) is 5.26 Å². The number of rotatable bonds is 2. The average Bonchev–Trinajstić information content (AvgIpc) is 2.85. The van der Waals surface area contributed by atoms with Gasteiger partial charge in [-0.15, -0.1) is 12.8 Å². The standard InChI is InChI=1S/C19H19N3/c1-4-14(3)22-17-6-7-18(22)10-19(9-17,13-20)16-8-15(5-2)11-21-12-16/h1-2,8,11-12,14,17-18H,6-7,9-10H2,3H3/t14?,17-,18+,19-. The summed E-state index contributed by atoms with van der Waals surface area (Å²) in [5.74, 6) is 5.46. The summed E-state index contributed by atoms with van der Waals surface area (Å²) in [4.78, 5) is 6.65. The van der Waals surface area contributed by atoms with Gasteiger partial charge in [-0.3, -0.25) is 9.88 Å². The third-order valence-corrected chi connectivity index (χ3v) is 5.20. The highest BCUT2D eigenvalue weighted by Crippen LogP contribution is 2.47. The highest BCUT2D eigenvalue weighted by molar-refractivity contribution is 5.40. The second-order valence-electron chi connectivity index (χ2n) is 6.38. The summed E-state index contributed by atoms with van der Waals surface area (Å²) in [7, 11) is 0. The maximum absolute atomic E-state index is 9.92. The summed E-state index contributed by atoms with van der Waals surface area (Å²) in [6.07, 6.45) is 18.4. The van der Waals surface area contributed by atoms with Gasteiger partial charge in [-0.1, -0.05) is 11.8 Å². The molecule has 2 fully saturated rings. The van der Waals surface area contributed by atoms with Crippen molar-refractivity contribution in [3.8, 4) is 30.8 Å². The van der Waals surface area contributed by atoms with Gasteiger partial charge < -0.3 is 0 Å². The molecule has 110 valence electrons. The van der Waals surface area contributed by atoms with Crippen LogP contribution in [0.5, 0.6) is 0 Å². The predicted octanol–water partition coefficient (Wildman–Crippen LogP) is 2.47. The van der Waals surface area contributed by atoms with E-state index in [0.29, 0.717) is 12.1 Å². The van der Waals surface area contributed by atoms with Crippen molar-refractivity contribution in [2.24, 2.45) is 0 Å². The van der Waals surface area contributed by atoms with Gasteiger partial charge in [0.2, 0.25) is 0 Å². The maximum atomic E-state index is 9.92. The fourth-order valence-corrected chi connectivity index (χ4v) is 4.17. The summed E-state index contributed by atoms with van der Waals surface area (Å²) < 4.78 is 0. The number of nitrogens with zero attached hydrogens (tertiary/aromatic N) is 3. The van der Waals surface area contributed by atoms with Crippen LogP contribution in [0.2, 0.25) is 0 Å². The largest absolute Gasteiger partial charge is 0.284 e. The average molecular weight is 289 g/mol. The quantitative estimate of drug-likeness (QED) is 0.785. The first-order chi connectivity index (χ1) is 10.6. The van der Waals surface area contributed by atoms with Gasteiger partial charge in [0, 0.05) is 30.0 Å². The van der Waals surface area contributed by atoms with Crippen molar-refractivity contribution in [2.75, 3.05) is 0 Å². The molecule has 0 aliphatic carbocycles. The molecule has 1 unspecified atom stereocenters. The molecule has 4 atom stereocenters. The lowest BCUT2D eigenvalue weighted by Gasteiger charge is -2.44. The number of nitriles is 1. The van der Waals surface area contributed by atoms with E-state index in [1.165, 1.54) is 0 Å². The van der Waals surface area contributed by atoms with E-state index >= 15 is 0 Å². The Morgan fingerprint density at radius 2 is 2.00 bits per heavy atom. The van der Waals surface area contributed by atoms with Crippen LogP contribution in [-0.4, -0.2) is 28.0 Å². The van der Waals surface area contributed by atoms with Crippen molar-refractivity contribution in [1.82, 2.24) is 9.88 Å². The molecule has 0 spiro atoms. The molecule has 3 rings (SSSR count). The molecule has 0 amide bonds. The second kappa shape index (κ2) is 5.49. The number of hydrogen-bond donors (Lipinski definition) is 0. The molecule has 2 saturated heterocycles. The van der Waals surface area contributed by atoms with Crippen LogP contribution in [0, 0.1) is 36.0 Å². The lowest BCUT2D eigenvalue weighted by molar-refractivity contribution is 0.0883. The topological polar surface area (TPSA) is 39.9 Å². The van der Waals surface area contributed by atoms with Gasteiger partial charge in [0.25, 0.3) is 0 Å². The van der Waals surface area contributed by atoms with E-state index in [2.05, 4.69) is 34.7 Å². The van der Waals surface area contributed by atoms with Crippen LogP contribution in [0.1, 0.15) is 43.7 Å². The molecule has 1 aromatic rings. The Balaban J connectivity index is 1.96. The lowest BCUT2D eigenvalue weighted by atomic mass is 9.71. The maximum Gasteiger partial charge on any atom is 0.0867 e. The third kappa shape index (κ3) is 2.18. The number of aromatic nitrogens is 1. The highest BCUT2D eigenvalue weighted by Gasteiger charge is 2.50. The fraction of sp³-hybridized carbons (Fsp3) is 0.474. The van der Waals surface area contributed by atoms with Crippen LogP contribution in [0.25, 0.3) is 0 Å². The number of fused-ring (bicyclic) bond motifs is 2. The van der Waals surface area contributed by atoms with Crippen LogP contribution in [0.15, 0.2) is 18.5 Å². The van der Waals surface area contributed by atoms with Crippen molar-refractivity contribution >= 4 is 0 Å². The number of hydrogen-bond acceptors (Lipinski definition) is 3. The highest BCUT2D eigenvalue weighted by atomic mass is 15.2. The zero-order valence-electron chi connectivity index (χ0n) is 12.8. The van der Waals surface area contributed by atoms with E-state index in [-0.39, 0.29) is 6.04 Å². The molecule has 2 aliphatic heterocycles. The van der Waals surface area contributed by atoms with Gasteiger partial charge >= 0.3 is 0 Å². The summed E-state index contributed by atoms with van der Waals surface area (Å²) in [6.45, 7) is 2.07. The molecule has 0 aromatic carbocycles. The van der Waals surface area contributed by atoms with Gasteiger partial charge in [0.1, 0.15) is 0 Å². The molecule has 0 radical (unpaired) electrons. The van der Waals surface area contributed by atoms with E-state index in [0.717, 1.165) is 36.8 Å². The van der Waals surface area contributed by atoms with Crippen molar-refractivity contribution in [2.45, 2.75) is 56.1 Å². The van der Waals surface area contributed by atoms with Crippen LogP contribution in [-0.2, 0) is 5.41 Å². The Kier molecular flexibility index (Phi) is 3.66. The van der Waals surface area contributed by atoms with Crippen LogP contribution in [0.3, 0.4) is 0 Å². The molecular weight excluding hydrogens is 270 g/mol. The van der Waals surface area contributed by atoms with Crippen molar-refractivity contribution < 1.29 is 0 Å². The summed E-state index contributed by atoms with van der Waals surface area (Å²) >= 11 is 0. The molecule has 0 saturated carbocycles.